The van der Waals surface area contributed by atoms with E-state index < -0.39 is 156 Å². The number of likely N-dealkylation sites (tertiary alicyclic amines) is 1. The number of piperidine rings is 1. The van der Waals surface area contributed by atoms with Gasteiger partial charge in [0.25, 0.3) is 0 Å². The zero-order chi connectivity index (χ0) is 86.8. The lowest BCUT2D eigenvalue weighted by Crippen LogP contribution is -2.67. The van der Waals surface area contributed by atoms with Crippen LogP contribution in [0.1, 0.15) is 93.2 Å². The number of aliphatic imine (C=N–C) groups is 1. The van der Waals surface area contributed by atoms with E-state index in [0.29, 0.717) is 51.6 Å². The number of likely N-dealkylation sites (N-methyl/N-ethyl adjacent to an activating group) is 3. The average Bonchev–Trinajstić information content (AvgIpc) is 1.56. The number of carbonyl (C=O) groups is 10. The van der Waals surface area contributed by atoms with Crippen LogP contribution in [0.3, 0.4) is 0 Å². The highest BCUT2D eigenvalue weighted by atomic mass is 35.5. The zero-order valence-electron chi connectivity index (χ0n) is 67.4. The maximum Gasteiger partial charge on any atom is 0.458 e. The van der Waals surface area contributed by atoms with Crippen LogP contribution in [0.25, 0.3) is 10.9 Å². The Morgan fingerprint density at radius 3 is 1.69 bits per heavy atom. The summed E-state index contributed by atoms with van der Waals surface area (Å²) in [5.74, 6) is -14.5. The van der Waals surface area contributed by atoms with Crippen molar-refractivity contribution >= 4 is 122 Å². The minimum atomic E-state index is -2.56. The van der Waals surface area contributed by atoms with E-state index in [9.17, 15) is 42.7 Å². The number of aliphatic hydroxyl groups is 1. The Kier molecular flexibility index (Phi) is 31.4. The highest BCUT2D eigenvalue weighted by Gasteiger charge is 2.58. The molecule has 3 aliphatic heterocycles. The second-order valence-corrected chi connectivity index (χ2v) is 33.8. The lowest BCUT2D eigenvalue weighted by molar-refractivity contribution is -0.147. The maximum atomic E-state index is 16.4. The number of para-hydroxylation sites is 1. The number of aromatic hydroxyl groups is 1. The van der Waals surface area contributed by atoms with E-state index in [2.05, 4.69) is 73.5 Å². The highest BCUT2D eigenvalue weighted by molar-refractivity contribution is 7.65. The van der Waals surface area contributed by atoms with E-state index in [0.717, 1.165) is 29.0 Å². The summed E-state index contributed by atoms with van der Waals surface area (Å²) in [5, 5.41) is 48.6. The third-order valence-corrected chi connectivity index (χ3v) is 23.5. The molecule has 0 radical (unpaired) electrons. The van der Waals surface area contributed by atoms with Gasteiger partial charge in [0.2, 0.25) is 76.4 Å². The lowest BCUT2D eigenvalue weighted by Gasteiger charge is -2.40. The van der Waals surface area contributed by atoms with Gasteiger partial charge >= 0.3 is 23.3 Å². The first-order valence-corrected chi connectivity index (χ1v) is 42.0. The van der Waals surface area contributed by atoms with Crippen molar-refractivity contribution in [2.45, 2.75) is 164 Å². The number of aromatic nitrogens is 1. The van der Waals surface area contributed by atoms with Gasteiger partial charge in [0.05, 0.1) is 19.1 Å². The van der Waals surface area contributed by atoms with Crippen LogP contribution in [0.5, 0.6) is 5.75 Å². The van der Waals surface area contributed by atoms with Crippen molar-refractivity contribution < 1.29 is 71.0 Å². The summed E-state index contributed by atoms with van der Waals surface area (Å²) >= 11 is 13.2. The van der Waals surface area contributed by atoms with Crippen LogP contribution >= 0.6 is 23.2 Å². The first-order valence-electron chi connectivity index (χ1n) is 39.4. The van der Waals surface area contributed by atoms with Gasteiger partial charge in [-0.3, -0.25) is 53.3 Å². The number of nitroso groups, excluding NO2 is 1. The van der Waals surface area contributed by atoms with E-state index >= 15 is 33.2 Å². The number of nitrogens with one attached hydrogen (secondary N) is 9. The Balaban J connectivity index is 1.12. The maximum absolute atomic E-state index is 16.4. The molecule has 0 aliphatic carbocycles. The minimum absolute atomic E-state index is 0.00747. The third kappa shape index (κ3) is 23.5. The fourth-order valence-electron chi connectivity index (χ4n) is 15.2. The molecule has 0 saturated carbocycles. The molecular weight excluding hydrogens is 1630 g/mol. The van der Waals surface area contributed by atoms with Gasteiger partial charge in [0.1, 0.15) is 48.3 Å². The van der Waals surface area contributed by atoms with Crippen LogP contribution in [0.2, 0.25) is 10.0 Å². The quantitative estimate of drug-likeness (QED) is 0.0312. The summed E-state index contributed by atoms with van der Waals surface area (Å²) < 4.78 is 40.3. The summed E-state index contributed by atoms with van der Waals surface area (Å²) in [5.41, 5.74) is 1.07. The molecule has 7 aromatic rings. The molecule has 3 aliphatic rings. The molecule has 120 heavy (non-hydrogen) atoms. The van der Waals surface area contributed by atoms with E-state index in [1.165, 1.54) is 49.0 Å². The molecule has 1 aromatic heterocycles. The van der Waals surface area contributed by atoms with E-state index in [1.54, 1.807) is 128 Å². The lowest BCUT2D eigenvalue weighted by atomic mass is 9.75. The summed E-state index contributed by atoms with van der Waals surface area (Å²) in [6.07, 6.45) is -0.799. The standard InChI is InChI=1S/C85H98Cl2FN15O15S2/c1-50-73(107)91-63(32-36-119-117)74(108)93-66(42-54-23-17-25-59(87)39-54)78(112)101(6)70(49-104)77(111)92-64(33-37-120-118)75(109)94-67(44-56-48-89-62-27-15-14-26-60(56)62)79(113)100(5)69(43-51-18-10-8-11-19-51)81(115)102(7)84(46-52-20-12-9-13-21-52)82(97-84)98-85(99-116,47-55-28-29-71(105)61(88)40-55)96-65(41-53-22-16-24-58(86)38-53)76(110)95-68(45-72(106)90-50)80(114)103-34-30-57(31-35-103)83(2,3)4/h8-29,38-40,48,50,57,63-70,89,96,104H,30-37,41-47,49H2,1-7H3,(H6-2,90,91,92,93,94,95,97,98,105,106,107,108,109,110,111)/p+2/t50-,63-,64-,65-,66-,67-,68-,69-,70?,84-,85+/m0/s1. The van der Waals surface area contributed by atoms with Gasteiger partial charge in [-0.2, -0.15) is 0 Å². The number of nitrogens with zero attached hydrogens (tertiary/aromatic N) is 6. The summed E-state index contributed by atoms with van der Waals surface area (Å²) in [4.78, 5) is 181. The molecule has 35 heteroatoms. The van der Waals surface area contributed by atoms with Crippen LogP contribution < -0.4 is 42.5 Å². The van der Waals surface area contributed by atoms with Gasteiger partial charge in [0.15, 0.2) is 23.1 Å². The van der Waals surface area contributed by atoms with Gasteiger partial charge in [0, 0.05) is 115 Å². The Bertz CT molecular complexity index is 4950. The minimum Gasteiger partial charge on any atom is -0.505 e. The number of fused-ring (bicyclic) bond motifs is 2. The largest absolute Gasteiger partial charge is 0.505 e. The summed E-state index contributed by atoms with van der Waals surface area (Å²) in [6.45, 7) is 6.81. The number of phenols is 1. The summed E-state index contributed by atoms with van der Waals surface area (Å²) in [6, 6.07) is 25.5. The van der Waals surface area contributed by atoms with Crippen molar-refractivity contribution in [3.8, 4) is 5.75 Å². The number of aromatic amines is 1. The molecule has 636 valence electrons. The van der Waals surface area contributed by atoms with Gasteiger partial charge in [-0.1, -0.05) is 153 Å². The number of aliphatic hydroxyl groups excluding tert-OH is 1. The number of phenolic OH excluding ortho intramolecular Hbond substituents is 1. The number of H-pyrrole nitrogens is 1. The second kappa shape index (κ2) is 41.2. The van der Waals surface area contributed by atoms with Crippen LogP contribution in [0, 0.1) is 22.1 Å². The third-order valence-electron chi connectivity index (χ3n) is 22.2. The van der Waals surface area contributed by atoms with Gasteiger partial charge < -0.3 is 72.0 Å². The molecule has 11 atom stereocenters. The van der Waals surface area contributed by atoms with E-state index in [4.69, 9.17) is 28.2 Å². The monoisotopic (exact) mass is 1720 g/mol. The van der Waals surface area contributed by atoms with Crippen LogP contribution in [0.4, 0.5) is 4.39 Å². The van der Waals surface area contributed by atoms with Crippen molar-refractivity contribution in [1.82, 2.24) is 67.1 Å². The molecule has 1 unspecified atom stereocenters. The number of halogens is 3. The average molecular weight is 1730 g/mol. The number of benzene rings is 6. The van der Waals surface area contributed by atoms with Crippen molar-refractivity contribution in [1.29, 1.82) is 0 Å². The molecule has 30 nitrogen and oxygen atoms in total. The van der Waals surface area contributed by atoms with Gasteiger partial charge in [-0.05, 0) is 119 Å². The molecular formula is C85H100Cl2FN15O15S2+2. The molecule has 10 amide bonds. The van der Waals surface area contributed by atoms with Crippen molar-refractivity contribution in [3.05, 3.63) is 212 Å². The van der Waals surface area contributed by atoms with E-state index in [1.807, 2.05) is 0 Å². The smallest absolute Gasteiger partial charge is 0.458 e. The topological polar surface area (TPSA) is 412 Å². The van der Waals surface area contributed by atoms with E-state index in [-0.39, 0.29) is 126 Å². The van der Waals surface area contributed by atoms with Gasteiger partial charge in [-0.25, -0.2) is 9.38 Å². The second-order valence-electron chi connectivity index (χ2n) is 31.6. The predicted octanol–water partition coefficient (Wildman–Crippen LogP) is 5.51. The Labute approximate surface area is 712 Å². The first kappa shape index (κ1) is 91.2. The Morgan fingerprint density at radius 2 is 1.12 bits per heavy atom. The molecule has 0 spiro atoms. The van der Waals surface area contributed by atoms with Crippen molar-refractivity contribution in [2.24, 2.45) is 21.5 Å². The van der Waals surface area contributed by atoms with Crippen LogP contribution in [0.15, 0.2) is 168 Å². The first-order chi connectivity index (χ1) is 57.3. The predicted molar refractivity (Wildman–Crippen MR) is 452 cm³/mol. The van der Waals surface area contributed by atoms with Crippen molar-refractivity contribution in [2.75, 3.05) is 52.3 Å². The molecule has 0 bridgehead atoms. The fourth-order valence-corrected chi connectivity index (χ4v) is 16.3. The molecule has 11 N–H and O–H groups in total. The molecule has 6 aromatic carbocycles. The number of hydrogen-bond acceptors (Lipinski definition) is 19. The van der Waals surface area contributed by atoms with Crippen molar-refractivity contribution in [3.63, 3.8) is 0 Å². The SMILES string of the molecule is C[C@@H]1NC(=O)C[C@@H](C(=O)N2CCC(C(C)(C)C)CC2)NC(=O)[C@H](Cc2cccc(Cl)c2)N[C@@](Cc2ccc(O)c(F)c2)(N=O)NC2=N[C@@]2(Cc2ccccc2)N(C)C(=O)[C@H](Cc2ccccc2)N(C)C(=O)[C@H](Cc2c[nH]c3ccccc23)NC(=O)[C@H](CC[S+]=O)NC(=O)C(CO)N(C)C(=O)[C@H](Cc2cccc(Cl)c2)NC(=O)[C@H](CC[S+]=O)NC1=O. The number of hydrogen-bond donors (Lipinski definition) is 11. The molecule has 2 fully saturated rings. The number of rotatable bonds is 21. The number of carbonyl (C=O) groups excluding carboxylic acids is 10. The fraction of sp³-hybridized carbons (Fsp3) is 0.424. The highest BCUT2D eigenvalue weighted by Crippen LogP contribution is 2.39. The normalized spacial score (nSPS) is 24.2. The Morgan fingerprint density at radius 1 is 0.592 bits per heavy atom. The number of amides is 10. The Hall–Kier alpha value is -11.1. The molecule has 10 rings (SSSR count). The molecule has 4 heterocycles. The van der Waals surface area contributed by atoms with Crippen LogP contribution in [-0.4, -0.2) is 218 Å². The van der Waals surface area contributed by atoms with Gasteiger partial charge in [-0.15, -0.1) is 4.91 Å². The number of amidine groups is 1. The zero-order valence-corrected chi connectivity index (χ0v) is 70.6. The summed E-state index contributed by atoms with van der Waals surface area (Å²) in [7, 11) is 3.94. The van der Waals surface area contributed by atoms with Crippen LogP contribution in [-0.2, 0) is 118 Å². The molecule has 2 saturated heterocycles.